The predicted molar refractivity (Wildman–Crippen MR) is 123 cm³/mol. The Balaban J connectivity index is 1.81. The molecule has 3 aromatic rings. The molecule has 164 valence electrons. The summed E-state index contributed by atoms with van der Waals surface area (Å²) in [5.41, 5.74) is 1.77. The van der Waals surface area contributed by atoms with Crippen LogP contribution in [0.3, 0.4) is 0 Å². The summed E-state index contributed by atoms with van der Waals surface area (Å²) >= 11 is 2.36. The number of rotatable bonds is 6. The number of carbonyl (C=O) groups is 3. The van der Waals surface area contributed by atoms with Gasteiger partial charge in [0.1, 0.15) is 10.9 Å². The van der Waals surface area contributed by atoms with E-state index in [-0.39, 0.29) is 22.2 Å². The Hall–Kier alpha value is -3.30. The number of thiazole rings is 1. The molecule has 1 aromatic carbocycles. The Morgan fingerprint density at radius 2 is 1.91 bits per heavy atom. The van der Waals surface area contributed by atoms with E-state index in [0.29, 0.717) is 16.1 Å². The zero-order valence-electron chi connectivity index (χ0n) is 17.6. The third-order valence-electron chi connectivity index (χ3n) is 5.03. The molecule has 1 amide bonds. The molecule has 1 unspecified atom stereocenters. The molecule has 0 bridgehead atoms. The van der Waals surface area contributed by atoms with E-state index < -0.39 is 29.5 Å². The SMILES string of the molecule is CCOC(=O)c1sc(N2C(=O)C(O)=C(C(=O)c3ccc(C)cc3)C2c2cccs2)nc1C. The first-order chi connectivity index (χ1) is 15.3. The quantitative estimate of drug-likeness (QED) is 0.413. The monoisotopic (exact) mass is 468 g/mol. The minimum absolute atomic E-state index is 0.00755. The topological polar surface area (TPSA) is 96.8 Å². The van der Waals surface area contributed by atoms with Crippen molar-refractivity contribution in [2.24, 2.45) is 0 Å². The van der Waals surface area contributed by atoms with Crippen molar-refractivity contribution in [2.75, 3.05) is 11.5 Å². The largest absolute Gasteiger partial charge is 0.503 e. The van der Waals surface area contributed by atoms with Crippen molar-refractivity contribution in [1.82, 2.24) is 4.98 Å². The number of thiophene rings is 1. The van der Waals surface area contributed by atoms with Crippen LogP contribution in [-0.4, -0.2) is 34.4 Å². The van der Waals surface area contributed by atoms with Crippen LogP contribution in [0.4, 0.5) is 5.13 Å². The van der Waals surface area contributed by atoms with Crippen molar-refractivity contribution in [3.63, 3.8) is 0 Å². The lowest BCUT2D eigenvalue weighted by Crippen LogP contribution is -2.30. The molecule has 0 spiro atoms. The fraction of sp³-hybridized carbons (Fsp3) is 0.217. The summed E-state index contributed by atoms with van der Waals surface area (Å²) in [6.07, 6.45) is 0. The number of carbonyl (C=O) groups excluding carboxylic acids is 3. The molecular formula is C23H20N2O5S2. The Morgan fingerprint density at radius 1 is 1.19 bits per heavy atom. The van der Waals surface area contributed by atoms with Crippen LogP contribution >= 0.6 is 22.7 Å². The lowest BCUT2D eigenvalue weighted by Gasteiger charge is -2.23. The molecule has 4 rings (SSSR count). The summed E-state index contributed by atoms with van der Waals surface area (Å²) < 4.78 is 5.07. The van der Waals surface area contributed by atoms with Gasteiger partial charge >= 0.3 is 5.97 Å². The molecule has 3 heterocycles. The van der Waals surface area contributed by atoms with Crippen LogP contribution in [0, 0.1) is 13.8 Å². The first kappa shape index (κ1) is 21.9. The van der Waals surface area contributed by atoms with Crippen molar-refractivity contribution in [2.45, 2.75) is 26.8 Å². The first-order valence-corrected chi connectivity index (χ1v) is 11.6. The zero-order chi connectivity index (χ0) is 23.0. The number of ether oxygens (including phenoxy) is 1. The highest BCUT2D eigenvalue weighted by molar-refractivity contribution is 7.17. The number of aliphatic hydroxyl groups excluding tert-OH is 1. The average Bonchev–Trinajstić information content (AvgIpc) is 3.48. The van der Waals surface area contributed by atoms with Crippen LogP contribution < -0.4 is 4.90 Å². The number of aromatic nitrogens is 1. The maximum atomic E-state index is 13.4. The van der Waals surface area contributed by atoms with Gasteiger partial charge in [-0.1, -0.05) is 47.2 Å². The maximum absolute atomic E-state index is 13.4. The van der Waals surface area contributed by atoms with Gasteiger partial charge in [-0.05, 0) is 32.2 Å². The summed E-state index contributed by atoms with van der Waals surface area (Å²) in [6, 6.07) is 9.69. The normalized spacial score (nSPS) is 16.0. The summed E-state index contributed by atoms with van der Waals surface area (Å²) in [5.74, 6) is -2.31. The van der Waals surface area contributed by atoms with E-state index in [1.54, 1.807) is 44.2 Å². The lowest BCUT2D eigenvalue weighted by molar-refractivity contribution is -0.117. The second-order valence-corrected chi connectivity index (χ2v) is 9.14. The van der Waals surface area contributed by atoms with Crippen molar-refractivity contribution in [3.8, 4) is 0 Å². The molecule has 0 saturated carbocycles. The van der Waals surface area contributed by atoms with Crippen LogP contribution in [-0.2, 0) is 9.53 Å². The number of benzene rings is 1. The molecule has 9 heteroatoms. The summed E-state index contributed by atoms with van der Waals surface area (Å²) in [4.78, 5) is 45.4. The Morgan fingerprint density at radius 3 is 2.53 bits per heavy atom. The molecule has 0 aliphatic carbocycles. The highest BCUT2D eigenvalue weighted by Crippen LogP contribution is 2.44. The Labute approximate surface area is 192 Å². The van der Waals surface area contributed by atoms with E-state index in [2.05, 4.69) is 4.98 Å². The van der Waals surface area contributed by atoms with Crippen molar-refractivity contribution in [3.05, 3.63) is 79.7 Å². The average molecular weight is 469 g/mol. The van der Waals surface area contributed by atoms with Gasteiger partial charge < -0.3 is 9.84 Å². The zero-order valence-corrected chi connectivity index (χ0v) is 19.3. The molecule has 1 atom stereocenters. The predicted octanol–water partition coefficient (Wildman–Crippen LogP) is 4.78. The Bertz CT molecular complexity index is 1230. The van der Waals surface area contributed by atoms with E-state index in [9.17, 15) is 19.5 Å². The van der Waals surface area contributed by atoms with Crippen LogP contribution in [0.15, 0.2) is 53.1 Å². The molecule has 0 radical (unpaired) electrons. The number of Topliss-reactive ketones (excluding diaryl/α,β-unsaturated/α-hetero) is 1. The fourth-order valence-corrected chi connectivity index (χ4v) is 5.29. The van der Waals surface area contributed by atoms with Crippen LogP contribution in [0.25, 0.3) is 0 Å². The van der Waals surface area contributed by atoms with Crippen LogP contribution in [0.5, 0.6) is 0 Å². The second kappa shape index (κ2) is 8.68. The van der Waals surface area contributed by atoms with Gasteiger partial charge in [0.05, 0.1) is 17.9 Å². The van der Waals surface area contributed by atoms with Gasteiger partial charge in [-0.3, -0.25) is 14.5 Å². The molecule has 0 saturated heterocycles. The number of anilines is 1. The highest BCUT2D eigenvalue weighted by atomic mass is 32.1. The van der Waals surface area contributed by atoms with Crippen LogP contribution in [0.2, 0.25) is 0 Å². The number of aryl methyl sites for hydroxylation is 2. The van der Waals surface area contributed by atoms with Gasteiger partial charge in [-0.15, -0.1) is 11.3 Å². The van der Waals surface area contributed by atoms with Gasteiger partial charge in [-0.25, -0.2) is 9.78 Å². The van der Waals surface area contributed by atoms with E-state index >= 15 is 0 Å². The molecule has 2 aromatic heterocycles. The molecule has 1 aliphatic heterocycles. The number of ketones is 1. The molecule has 0 fully saturated rings. The fourth-order valence-electron chi connectivity index (χ4n) is 3.48. The first-order valence-electron chi connectivity index (χ1n) is 9.89. The molecule has 1 N–H and O–H groups in total. The molecule has 1 aliphatic rings. The van der Waals surface area contributed by atoms with E-state index in [0.717, 1.165) is 16.9 Å². The van der Waals surface area contributed by atoms with Crippen molar-refractivity contribution in [1.29, 1.82) is 0 Å². The number of hydrogen-bond acceptors (Lipinski definition) is 8. The van der Waals surface area contributed by atoms with E-state index in [4.69, 9.17) is 4.74 Å². The van der Waals surface area contributed by atoms with Gasteiger partial charge in [0, 0.05) is 10.4 Å². The highest BCUT2D eigenvalue weighted by Gasteiger charge is 2.46. The minimum Gasteiger partial charge on any atom is -0.503 e. The van der Waals surface area contributed by atoms with Gasteiger partial charge in [0.25, 0.3) is 5.91 Å². The third-order valence-corrected chi connectivity index (χ3v) is 7.09. The number of amides is 1. The van der Waals surface area contributed by atoms with Gasteiger partial charge in [0.15, 0.2) is 16.7 Å². The standard InChI is InChI=1S/C23H20N2O5S2/c1-4-30-22(29)20-13(3)24-23(32-20)25-17(15-6-5-11-31-15)16(19(27)21(25)28)18(26)14-9-7-12(2)8-10-14/h5-11,17,27H,4H2,1-3H3. The summed E-state index contributed by atoms with van der Waals surface area (Å²) in [6.45, 7) is 5.48. The number of esters is 1. The molecular weight excluding hydrogens is 448 g/mol. The van der Waals surface area contributed by atoms with E-state index in [1.807, 2.05) is 18.4 Å². The summed E-state index contributed by atoms with van der Waals surface area (Å²) in [7, 11) is 0. The van der Waals surface area contributed by atoms with Gasteiger partial charge in [0.2, 0.25) is 0 Å². The maximum Gasteiger partial charge on any atom is 0.350 e. The lowest BCUT2D eigenvalue weighted by atomic mass is 9.96. The third kappa shape index (κ3) is 3.74. The van der Waals surface area contributed by atoms with Crippen molar-refractivity contribution >= 4 is 45.5 Å². The number of hydrogen-bond donors (Lipinski definition) is 1. The van der Waals surface area contributed by atoms with E-state index in [1.165, 1.54) is 16.2 Å². The molecule has 32 heavy (non-hydrogen) atoms. The smallest absolute Gasteiger partial charge is 0.350 e. The summed E-state index contributed by atoms with van der Waals surface area (Å²) in [5, 5.41) is 12.8. The number of nitrogens with zero attached hydrogens (tertiary/aromatic N) is 2. The minimum atomic E-state index is -0.850. The van der Waals surface area contributed by atoms with Gasteiger partial charge in [-0.2, -0.15) is 0 Å². The number of aliphatic hydroxyl groups is 1. The Kier molecular flexibility index (Phi) is 5.94. The van der Waals surface area contributed by atoms with Crippen LogP contribution in [0.1, 0.15) is 49.1 Å². The second-order valence-electron chi connectivity index (χ2n) is 7.18. The van der Waals surface area contributed by atoms with Crippen molar-refractivity contribution < 1.29 is 24.2 Å². The molecule has 7 nitrogen and oxygen atoms in total.